The van der Waals surface area contributed by atoms with E-state index in [1.165, 1.54) is 12.1 Å². The van der Waals surface area contributed by atoms with Gasteiger partial charge in [-0.2, -0.15) is 4.98 Å². The highest BCUT2D eigenvalue weighted by Crippen LogP contribution is 2.22. The van der Waals surface area contributed by atoms with E-state index in [0.29, 0.717) is 17.5 Å². The molecule has 0 aliphatic rings. The Labute approximate surface area is 136 Å². The third kappa shape index (κ3) is 3.49. The molecule has 1 aromatic heterocycles. The zero-order chi connectivity index (χ0) is 16.9. The van der Waals surface area contributed by atoms with Crippen molar-refractivity contribution in [1.82, 2.24) is 10.1 Å². The highest BCUT2D eigenvalue weighted by molar-refractivity contribution is 5.54. The summed E-state index contributed by atoms with van der Waals surface area (Å²) >= 11 is 0. The highest BCUT2D eigenvalue weighted by atomic mass is 16.6. The molecular formula is C16H13N3O5. The summed E-state index contributed by atoms with van der Waals surface area (Å²) in [6, 6.07) is 13.1. The molecule has 1 heterocycles. The van der Waals surface area contributed by atoms with Crippen LogP contribution in [-0.4, -0.2) is 22.2 Å². The topological polar surface area (TPSA) is 101 Å². The number of nitro benzene ring substituents is 1. The second-order valence-electron chi connectivity index (χ2n) is 4.79. The Morgan fingerprint density at radius 3 is 2.67 bits per heavy atom. The van der Waals surface area contributed by atoms with Crippen LogP contribution < -0.4 is 9.47 Å². The van der Waals surface area contributed by atoms with Gasteiger partial charge in [-0.1, -0.05) is 11.2 Å². The molecule has 0 saturated carbocycles. The van der Waals surface area contributed by atoms with Crippen molar-refractivity contribution in [3.05, 3.63) is 64.5 Å². The Morgan fingerprint density at radius 1 is 1.17 bits per heavy atom. The van der Waals surface area contributed by atoms with Crippen molar-refractivity contribution in [2.45, 2.75) is 6.61 Å². The summed E-state index contributed by atoms with van der Waals surface area (Å²) in [7, 11) is 1.59. The minimum atomic E-state index is -0.483. The molecule has 0 aliphatic carbocycles. The number of non-ortho nitro benzene ring substituents is 1. The van der Waals surface area contributed by atoms with E-state index in [-0.39, 0.29) is 12.3 Å². The molecule has 0 fully saturated rings. The summed E-state index contributed by atoms with van der Waals surface area (Å²) in [6.07, 6.45) is 0. The molecule has 24 heavy (non-hydrogen) atoms. The molecule has 122 valence electrons. The number of hydrogen-bond donors (Lipinski definition) is 0. The maximum absolute atomic E-state index is 10.7. The summed E-state index contributed by atoms with van der Waals surface area (Å²) in [6.45, 7) is 0.0425. The Balaban J connectivity index is 1.67. The minimum Gasteiger partial charge on any atom is -0.497 e. The largest absolute Gasteiger partial charge is 0.497 e. The van der Waals surface area contributed by atoms with Crippen LogP contribution in [0, 0.1) is 10.1 Å². The fraction of sp³-hybridized carbons (Fsp3) is 0.125. The van der Waals surface area contributed by atoms with Crippen molar-refractivity contribution in [3.63, 3.8) is 0 Å². The molecule has 0 aliphatic heterocycles. The van der Waals surface area contributed by atoms with Crippen LogP contribution in [0.3, 0.4) is 0 Å². The van der Waals surface area contributed by atoms with Crippen LogP contribution in [0.2, 0.25) is 0 Å². The molecule has 2 aromatic carbocycles. The zero-order valence-electron chi connectivity index (χ0n) is 12.7. The number of rotatable bonds is 6. The number of ether oxygens (including phenoxy) is 2. The van der Waals surface area contributed by atoms with E-state index < -0.39 is 4.92 Å². The quantitative estimate of drug-likeness (QED) is 0.506. The predicted octanol–water partition coefficient (Wildman–Crippen LogP) is 3.23. The van der Waals surface area contributed by atoms with E-state index in [4.69, 9.17) is 14.0 Å². The van der Waals surface area contributed by atoms with Gasteiger partial charge in [0.2, 0.25) is 5.82 Å². The van der Waals surface area contributed by atoms with Crippen molar-refractivity contribution < 1.29 is 18.9 Å². The molecule has 0 amide bonds. The molecular weight excluding hydrogens is 314 g/mol. The lowest BCUT2D eigenvalue weighted by molar-refractivity contribution is -0.384. The SMILES string of the molecule is COc1ccc(-c2nc(COc3cccc([N+](=O)[O-])c3)no2)cc1. The number of benzene rings is 2. The standard InChI is InChI=1S/C16H13N3O5/c1-22-13-7-5-11(6-8-13)16-17-15(18-24-16)10-23-14-4-2-3-12(9-14)19(20)21/h2-9H,10H2,1H3. The van der Waals surface area contributed by atoms with E-state index in [1.807, 2.05) is 0 Å². The van der Waals surface area contributed by atoms with Gasteiger partial charge in [-0.3, -0.25) is 10.1 Å². The second-order valence-corrected chi connectivity index (χ2v) is 4.79. The van der Waals surface area contributed by atoms with Crippen LogP contribution in [0.5, 0.6) is 11.5 Å². The molecule has 0 atom stereocenters. The van der Waals surface area contributed by atoms with Crippen LogP contribution in [0.1, 0.15) is 5.82 Å². The first kappa shape index (κ1) is 15.5. The summed E-state index contributed by atoms with van der Waals surface area (Å²) in [5.41, 5.74) is 0.712. The minimum absolute atomic E-state index is 0.0421. The molecule has 0 radical (unpaired) electrons. The molecule has 8 nitrogen and oxygen atoms in total. The van der Waals surface area contributed by atoms with Crippen LogP contribution in [0.25, 0.3) is 11.5 Å². The van der Waals surface area contributed by atoms with Crippen LogP contribution in [-0.2, 0) is 6.61 Å². The average Bonchev–Trinajstić information content (AvgIpc) is 3.09. The highest BCUT2D eigenvalue weighted by Gasteiger charge is 2.11. The number of aromatic nitrogens is 2. The maximum Gasteiger partial charge on any atom is 0.273 e. The molecule has 0 spiro atoms. The second kappa shape index (κ2) is 6.78. The molecule has 0 saturated heterocycles. The van der Waals surface area contributed by atoms with Crippen LogP contribution in [0.4, 0.5) is 5.69 Å². The Bertz CT molecular complexity index is 845. The van der Waals surface area contributed by atoms with Crippen molar-refractivity contribution in [1.29, 1.82) is 0 Å². The van der Waals surface area contributed by atoms with Gasteiger partial charge in [0.1, 0.15) is 11.5 Å². The fourth-order valence-corrected chi connectivity index (χ4v) is 2.00. The van der Waals surface area contributed by atoms with Gasteiger partial charge in [0.05, 0.1) is 18.1 Å². The fourth-order valence-electron chi connectivity index (χ4n) is 2.00. The molecule has 0 unspecified atom stereocenters. The Kier molecular flexibility index (Phi) is 4.37. The number of nitrogens with zero attached hydrogens (tertiary/aromatic N) is 3. The molecule has 0 N–H and O–H groups in total. The Morgan fingerprint density at radius 2 is 1.96 bits per heavy atom. The normalized spacial score (nSPS) is 10.4. The summed E-state index contributed by atoms with van der Waals surface area (Å²) in [4.78, 5) is 14.5. The van der Waals surface area contributed by atoms with Crippen LogP contribution >= 0.6 is 0 Å². The van der Waals surface area contributed by atoms with E-state index in [1.54, 1.807) is 43.5 Å². The summed E-state index contributed by atoms with van der Waals surface area (Å²) < 4.78 is 15.7. The molecule has 3 rings (SSSR count). The van der Waals surface area contributed by atoms with E-state index in [0.717, 1.165) is 11.3 Å². The molecule has 8 heteroatoms. The lowest BCUT2D eigenvalue weighted by Gasteiger charge is -2.02. The lowest BCUT2D eigenvalue weighted by atomic mass is 10.2. The monoisotopic (exact) mass is 327 g/mol. The first-order valence-electron chi connectivity index (χ1n) is 7.00. The van der Waals surface area contributed by atoms with Gasteiger partial charge in [-0.25, -0.2) is 0 Å². The Hall–Kier alpha value is -3.42. The van der Waals surface area contributed by atoms with Crippen molar-refractivity contribution in [2.75, 3.05) is 7.11 Å². The third-order valence-corrected chi connectivity index (χ3v) is 3.20. The van der Waals surface area contributed by atoms with Gasteiger partial charge in [-0.15, -0.1) is 0 Å². The third-order valence-electron chi connectivity index (χ3n) is 3.20. The number of nitro groups is 1. The van der Waals surface area contributed by atoms with Gasteiger partial charge in [0, 0.05) is 11.6 Å². The summed E-state index contributed by atoms with van der Waals surface area (Å²) in [5, 5.41) is 14.6. The maximum atomic E-state index is 10.7. The molecule has 3 aromatic rings. The first-order chi connectivity index (χ1) is 11.7. The molecule has 0 bridgehead atoms. The van der Waals surface area contributed by atoms with Gasteiger partial charge in [-0.05, 0) is 30.3 Å². The van der Waals surface area contributed by atoms with Gasteiger partial charge in [0.25, 0.3) is 11.6 Å². The van der Waals surface area contributed by atoms with E-state index in [2.05, 4.69) is 10.1 Å². The predicted molar refractivity (Wildman–Crippen MR) is 83.7 cm³/mol. The van der Waals surface area contributed by atoms with E-state index >= 15 is 0 Å². The number of hydrogen-bond acceptors (Lipinski definition) is 7. The van der Waals surface area contributed by atoms with Crippen molar-refractivity contribution >= 4 is 5.69 Å². The van der Waals surface area contributed by atoms with E-state index in [9.17, 15) is 10.1 Å². The lowest BCUT2D eigenvalue weighted by Crippen LogP contribution is -1.98. The zero-order valence-corrected chi connectivity index (χ0v) is 12.7. The summed E-state index contributed by atoms with van der Waals surface area (Å²) in [5.74, 6) is 1.79. The average molecular weight is 327 g/mol. The smallest absolute Gasteiger partial charge is 0.273 e. The van der Waals surface area contributed by atoms with Crippen LogP contribution in [0.15, 0.2) is 53.1 Å². The van der Waals surface area contributed by atoms with Gasteiger partial charge in [0.15, 0.2) is 6.61 Å². The van der Waals surface area contributed by atoms with Gasteiger partial charge >= 0.3 is 0 Å². The van der Waals surface area contributed by atoms with Crippen molar-refractivity contribution in [2.24, 2.45) is 0 Å². The van der Waals surface area contributed by atoms with Crippen molar-refractivity contribution in [3.8, 4) is 23.0 Å². The van der Waals surface area contributed by atoms with Gasteiger partial charge < -0.3 is 14.0 Å². The first-order valence-corrected chi connectivity index (χ1v) is 7.00. The number of methoxy groups -OCH3 is 1.